The van der Waals surface area contributed by atoms with Crippen molar-refractivity contribution in [3.8, 4) is 0 Å². The van der Waals surface area contributed by atoms with Crippen LogP contribution in [-0.2, 0) is 13.5 Å². The fourth-order valence-electron chi connectivity index (χ4n) is 3.08. The van der Waals surface area contributed by atoms with Gasteiger partial charge in [0.15, 0.2) is 0 Å². The molecule has 1 unspecified atom stereocenters. The lowest BCUT2D eigenvalue weighted by Gasteiger charge is -2.27. The van der Waals surface area contributed by atoms with E-state index in [-0.39, 0.29) is 0 Å². The van der Waals surface area contributed by atoms with Crippen molar-refractivity contribution in [2.75, 3.05) is 0 Å². The highest BCUT2D eigenvalue weighted by Gasteiger charge is 2.22. The van der Waals surface area contributed by atoms with Crippen LogP contribution in [0.4, 0.5) is 0 Å². The summed E-state index contributed by atoms with van der Waals surface area (Å²) in [4.78, 5) is 0. The van der Waals surface area contributed by atoms with Gasteiger partial charge in [0, 0.05) is 18.8 Å². The van der Waals surface area contributed by atoms with E-state index < -0.39 is 0 Å². The zero-order valence-corrected chi connectivity index (χ0v) is 11.4. The predicted octanol–water partition coefficient (Wildman–Crippen LogP) is 2.49. The minimum atomic E-state index is 0.317. The number of nitrogens with zero attached hydrogens (tertiary/aromatic N) is 2. The lowest BCUT2D eigenvalue weighted by atomic mass is 9.82. The summed E-state index contributed by atoms with van der Waals surface area (Å²) in [6, 6.07) is 0.317. The van der Waals surface area contributed by atoms with Crippen LogP contribution < -0.4 is 5.73 Å². The molecule has 0 amide bonds. The van der Waals surface area contributed by atoms with Crippen molar-refractivity contribution in [3.05, 3.63) is 17.0 Å². The van der Waals surface area contributed by atoms with E-state index in [0.717, 1.165) is 18.0 Å². The molecule has 0 bridgehead atoms. The Kier molecular flexibility index (Phi) is 3.87. The Hall–Kier alpha value is -0.830. The first-order valence-corrected chi connectivity index (χ1v) is 6.84. The zero-order chi connectivity index (χ0) is 12.4. The van der Waals surface area contributed by atoms with Gasteiger partial charge in [0.2, 0.25) is 0 Å². The maximum atomic E-state index is 6.39. The van der Waals surface area contributed by atoms with Crippen molar-refractivity contribution in [2.24, 2.45) is 18.7 Å². The van der Waals surface area contributed by atoms with Crippen LogP contribution in [0.25, 0.3) is 0 Å². The number of nitrogens with two attached hydrogens (primary N) is 1. The summed E-state index contributed by atoms with van der Waals surface area (Å²) in [5.74, 6) is 0.725. The monoisotopic (exact) mass is 235 g/mol. The molecule has 96 valence electrons. The lowest BCUT2D eigenvalue weighted by Crippen LogP contribution is -2.33. The van der Waals surface area contributed by atoms with E-state index in [1.807, 2.05) is 11.7 Å². The van der Waals surface area contributed by atoms with Gasteiger partial charge in [0.1, 0.15) is 0 Å². The minimum absolute atomic E-state index is 0.317. The van der Waals surface area contributed by atoms with Gasteiger partial charge in [0.05, 0.1) is 5.69 Å². The smallest absolute Gasteiger partial charge is 0.0628 e. The Morgan fingerprint density at radius 3 is 2.47 bits per heavy atom. The summed E-state index contributed by atoms with van der Waals surface area (Å²) in [5.41, 5.74) is 10.2. The Labute approximate surface area is 104 Å². The Morgan fingerprint density at radius 2 is 1.94 bits per heavy atom. The second-order valence-electron chi connectivity index (χ2n) is 5.54. The second-order valence-corrected chi connectivity index (χ2v) is 5.54. The van der Waals surface area contributed by atoms with Crippen molar-refractivity contribution < 1.29 is 0 Å². The summed E-state index contributed by atoms with van der Waals surface area (Å²) in [5, 5.41) is 4.47. The summed E-state index contributed by atoms with van der Waals surface area (Å²) in [7, 11) is 2.01. The first-order valence-electron chi connectivity index (χ1n) is 6.84. The van der Waals surface area contributed by atoms with E-state index >= 15 is 0 Å². The molecule has 1 fully saturated rings. The van der Waals surface area contributed by atoms with Crippen molar-refractivity contribution in [3.63, 3.8) is 0 Å². The molecule has 1 aliphatic rings. The van der Waals surface area contributed by atoms with Crippen LogP contribution >= 0.6 is 0 Å². The fraction of sp³-hybridized carbons (Fsp3) is 0.786. The van der Waals surface area contributed by atoms with Gasteiger partial charge in [-0.1, -0.05) is 19.3 Å². The largest absolute Gasteiger partial charge is 0.327 e. The minimum Gasteiger partial charge on any atom is -0.327 e. The third-order valence-corrected chi connectivity index (χ3v) is 4.35. The molecule has 0 saturated heterocycles. The van der Waals surface area contributed by atoms with Gasteiger partial charge in [-0.25, -0.2) is 0 Å². The van der Waals surface area contributed by atoms with Crippen LogP contribution in [0.3, 0.4) is 0 Å². The second kappa shape index (κ2) is 5.21. The maximum absolute atomic E-state index is 6.39. The molecule has 0 aromatic carbocycles. The SMILES string of the molecule is Cc1nn(C)c(C)c1CC(N)C1CCCCC1. The molecule has 0 aliphatic heterocycles. The maximum Gasteiger partial charge on any atom is 0.0628 e. The molecule has 1 aliphatic carbocycles. The van der Waals surface area contributed by atoms with Crippen molar-refractivity contribution in [2.45, 2.75) is 58.4 Å². The molecule has 3 heteroatoms. The van der Waals surface area contributed by atoms with Gasteiger partial charge >= 0.3 is 0 Å². The van der Waals surface area contributed by atoms with Crippen LogP contribution in [0.1, 0.15) is 49.1 Å². The van der Waals surface area contributed by atoms with E-state index in [1.165, 1.54) is 43.4 Å². The normalized spacial score (nSPS) is 19.5. The predicted molar refractivity (Wildman–Crippen MR) is 70.9 cm³/mol. The molecule has 1 saturated carbocycles. The standard InChI is InChI=1S/C14H25N3/c1-10-13(11(2)17(3)16-10)9-14(15)12-7-5-4-6-8-12/h12,14H,4-9,15H2,1-3H3. The Balaban J connectivity index is 2.04. The van der Waals surface area contributed by atoms with Crippen LogP contribution in [-0.4, -0.2) is 15.8 Å². The van der Waals surface area contributed by atoms with Crippen LogP contribution in [0.15, 0.2) is 0 Å². The van der Waals surface area contributed by atoms with E-state index in [4.69, 9.17) is 5.73 Å². The van der Waals surface area contributed by atoms with E-state index in [1.54, 1.807) is 0 Å². The molecule has 1 atom stereocenters. The van der Waals surface area contributed by atoms with Gasteiger partial charge < -0.3 is 5.73 Å². The first-order chi connectivity index (χ1) is 8.09. The molecule has 0 spiro atoms. The quantitative estimate of drug-likeness (QED) is 0.874. The van der Waals surface area contributed by atoms with Gasteiger partial charge in [-0.2, -0.15) is 5.10 Å². The molecule has 1 heterocycles. The lowest BCUT2D eigenvalue weighted by molar-refractivity contribution is 0.303. The average Bonchev–Trinajstić information content (AvgIpc) is 2.57. The molecular formula is C14H25N3. The van der Waals surface area contributed by atoms with Gasteiger partial charge in [0.25, 0.3) is 0 Å². The summed E-state index contributed by atoms with van der Waals surface area (Å²) in [6.07, 6.45) is 7.76. The molecule has 2 N–H and O–H groups in total. The first kappa shape index (κ1) is 12.6. The third kappa shape index (κ3) is 2.71. The number of aryl methyl sites for hydroxylation is 2. The number of hydrogen-bond acceptors (Lipinski definition) is 2. The van der Waals surface area contributed by atoms with E-state index in [2.05, 4.69) is 18.9 Å². The van der Waals surface area contributed by atoms with Crippen molar-refractivity contribution >= 4 is 0 Å². The van der Waals surface area contributed by atoms with Crippen molar-refractivity contribution in [1.82, 2.24) is 9.78 Å². The molecule has 1 aromatic heterocycles. The van der Waals surface area contributed by atoms with Gasteiger partial charge in [-0.3, -0.25) is 4.68 Å². The molecule has 0 radical (unpaired) electrons. The molecule has 3 nitrogen and oxygen atoms in total. The van der Waals surface area contributed by atoms with E-state index in [0.29, 0.717) is 6.04 Å². The highest BCUT2D eigenvalue weighted by atomic mass is 15.3. The number of rotatable bonds is 3. The molecule has 17 heavy (non-hydrogen) atoms. The topological polar surface area (TPSA) is 43.8 Å². The highest BCUT2D eigenvalue weighted by molar-refractivity contribution is 5.25. The molecular weight excluding hydrogens is 210 g/mol. The van der Waals surface area contributed by atoms with Gasteiger partial charge in [-0.15, -0.1) is 0 Å². The fourth-order valence-corrected chi connectivity index (χ4v) is 3.08. The number of aromatic nitrogens is 2. The van der Waals surface area contributed by atoms with Crippen LogP contribution in [0, 0.1) is 19.8 Å². The highest BCUT2D eigenvalue weighted by Crippen LogP contribution is 2.28. The van der Waals surface area contributed by atoms with Crippen LogP contribution in [0.2, 0.25) is 0 Å². The van der Waals surface area contributed by atoms with Gasteiger partial charge in [-0.05, 0) is 44.6 Å². The summed E-state index contributed by atoms with van der Waals surface area (Å²) in [6.45, 7) is 4.23. The average molecular weight is 235 g/mol. The zero-order valence-electron chi connectivity index (χ0n) is 11.4. The van der Waals surface area contributed by atoms with Crippen LogP contribution in [0.5, 0.6) is 0 Å². The Morgan fingerprint density at radius 1 is 1.29 bits per heavy atom. The molecule has 1 aromatic rings. The Bertz CT molecular complexity index is 375. The number of hydrogen-bond donors (Lipinski definition) is 1. The molecule has 2 rings (SSSR count). The van der Waals surface area contributed by atoms with E-state index in [9.17, 15) is 0 Å². The summed E-state index contributed by atoms with van der Waals surface area (Å²) < 4.78 is 1.97. The summed E-state index contributed by atoms with van der Waals surface area (Å²) >= 11 is 0. The third-order valence-electron chi connectivity index (χ3n) is 4.35. The van der Waals surface area contributed by atoms with Crippen molar-refractivity contribution in [1.29, 1.82) is 0 Å².